The molecule has 0 radical (unpaired) electrons. The minimum Gasteiger partial charge on any atom is -0.444 e. The summed E-state index contributed by atoms with van der Waals surface area (Å²) in [5, 5.41) is 2.50. The monoisotopic (exact) mass is 362 g/mol. The molecule has 134 valence electrons. The first-order chi connectivity index (χ1) is 11.5. The summed E-state index contributed by atoms with van der Waals surface area (Å²) < 4.78 is 29.8. The number of nitrogens with one attached hydrogen (secondary N) is 2. The maximum absolute atomic E-state index is 11.6. The zero-order chi connectivity index (χ0) is 18.7. The van der Waals surface area contributed by atoms with Crippen molar-refractivity contribution in [3.8, 4) is 11.1 Å². The fraction of sp³-hybridized carbons (Fsp3) is 0.278. The molecule has 1 amide bonds. The van der Waals surface area contributed by atoms with Crippen molar-refractivity contribution in [3.05, 3.63) is 48.5 Å². The van der Waals surface area contributed by atoms with Crippen LogP contribution in [0.3, 0.4) is 0 Å². The third-order valence-electron chi connectivity index (χ3n) is 3.08. The number of para-hydroxylation sites is 2. The van der Waals surface area contributed by atoms with E-state index in [0.717, 1.165) is 6.26 Å². The predicted molar refractivity (Wildman–Crippen MR) is 100 cm³/mol. The van der Waals surface area contributed by atoms with Gasteiger partial charge in [-0.3, -0.25) is 10.0 Å². The van der Waals surface area contributed by atoms with Crippen LogP contribution < -0.4 is 10.0 Å². The number of anilines is 2. The number of amides is 1. The second-order valence-electron chi connectivity index (χ2n) is 6.62. The zero-order valence-electron chi connectivity index (χ0n) is 14.7. The van der Waals surface area contributed by atoms with Gasteiger partial charge >= 0.3 is 6.09 Å². The molecule has 2 aliphatic carbocycles. The Morgan fingerprint density at radius 2 is 1.40 bits per heavy atom. The summed E-state index contributed by atoms with van der Waals surface area (Å²) in [6, 6.07) is 15.0. The number of sulfonamides is 1. The van der Waals surface area contributed by atoms with E-state index in [1.807, 2.05) is 0 Å². The second-order valence-corrected chi connectivity index (χ2v) is 8.37. The number of hydrogen-bond donors (Lipinski definition) is 2. The van der Waals surface area contributed by atoms with Crippen molar-refractivity contribution in [2.24, 2.45) is 0 Å². The van der Waals surface area contributed by atoms with Crippen LogP contribution in [0.1, 0.15) is 20.8 Å². The predicted octanol–water partition coefficient (Wildman–Crippen LogP) is 4.07. The van der Waals surface area contributed by atoms with Crippen molar-refractivity contribution in [2.75, 3.05) is 16.3 Å². The number of fused-ring (bicyclic) bond motifs is 1. The second kappa shape index (κ2) is 7.14. The molecule has 3 rings (SSSR count). The summed E-state index contributed by atoms with van der Waals surface area (Å²) in [6.45, 7) is 5.23. The van der Waals surface area contributed by atoms with Gasteiger partial charge in [0.1, 0.15) is 5.60 Å². The van der Waals surface area contributed by atoms with Crippen LogP contribution in [0.25, 0.3) is 11.1 Å². The molecule has 0 heterocycles. The highest BCUT2D eigenvalue weighted by atomic mass is 32.2. The molecule has 0 unspecified atom stereocenters. The van der Waals surface area contributed by atoms with Gasteiger partial charge in [0.2, 0.25) is 10.0 Å². The fourth-order valence-corrected chi connectivity index (χ4v) is 2.53. The molecular formula is C18H22N2O4S. The van der Waals surface area contributed by atoms with Crippen molar-refractivity contribution in [1.82, 2.24) is 0 Å². The molecule has 0 bridgehead atoms. The Labute approximate surface area is 148 Å². The van der Waals surface area contributed by atoms with Crippen molar-refractivity contribution >= 4 is 27.5 Å². The third-order valence-corrected chi connectivity index (χ3v) is 3.67. The Balaban J connectivity index is 0.000000306. The molecule has 0 aliphatic heterocycles. The summed E-state index contributed by atoms with van der Waals surface area (Å²) in [7, 11) is -3.41. The summed E-state index contributed by atoms with van der Waals surface area (Å²) >= 11 is 0. The van der Waals surface area contributed by atoms with E-state index in [1.54, 1.807) is 45.0 Å². The number of hydrogen-bond acceptors (Lipinski definition) is 4. The Hall–Kier alpha value is -2.54. The summed E-state index contributed by atoms with van der Waals surface area (Å²) in [4.78, 5) is 11.6. The molecule has 2 aliphatic rings. The van der Waals surface area contributed by atoms with Gasteiger partial charge in [0.15, 0.2) is 0 Å². The average Bonchev–Trinajstić information content (AvgIpc) is 2.42. The van der Waals surface area contributed by atoms with E-state index in [0.29, 0.717) is 5.69 Å². The molecule has 0 spiro atoms. The average molecular weight is 362 g/mol. The van der Waals surface area contributed by atoms with Crippen molar-refractivity contribution in [2.45, 2.75) is 26.4 Å². The van der Waals surface area contributed by atoms with Crippen LogP contribution in [0.4, 0.5) is 16.2 Å². The van der Waals surface area contributed by atoms with E-state index in [4.69, 9.17) is 4.74 Å². The maximum atomic E-state index is 11.6. The minimum absolute atomic E-state index is 0.288. The van der Waals surface area contributed by atoms with E-state index in [2.05, 4.69) is 34.3 Å². The number of ether oxygens (including phenoxy) is 1. The Morgan fingerprint density at radius 3 is 1.76 bits per heavy atom. The van der Waals surface area contributed by atoms with Crippen molar-refractivity contribution < 1.29 is 17.9 Å². The normalized spacial score (nSPS) is 11.7. The first kappa shape index (κ1) is 18.8. The van der Waals surface area contributed by atoms with Gasteiger partial charge in [-0.25, -0.2) is 13.2 Å². The van der Waals surface area contributed by atoms with Crippen LogP contribution >= 0.6 is 0 Å². The quantitative estimate of drug-likeness (QED) is 0.735. The lowest BCUT2D eigenvalue weighted by Crippen LogP contribution is -2.27. The van der Waals surface area contributed by atoms with Crippen molar-refractivity contribution in [1.29, 1.82) is 0 Å². The van der Waals surface area contributed by atoms with E-state index in [1.165, 1.54) is 11.1 Å². The first-order valence-corrected chi connectivity index (χ1v) is 9.60. The number of rotatable bonds is 3. The first-order valence-electron chi connectivity index (χ1n) is 7.71. The lowest BCUT2D eigenvalue weighted by atomic mass is 9.95. The highest BCUT2D eigenvalue weighted by Gasteiger charge is 2.17. The molecule has 0 saturated carbocycles. The van der Waals surface area contributed by atoms with Gasteiger partial charge in [0.25, 0.3) is 0 Å². The van der Waals surface area contributed by atoms with Crippen molar-refractivity contribution in [3.63, 3.8) is 0 Å². The van der Waals surface area contributed by atoms with Crippen LogP contribution in [0, 0.1) is 0 Å². The molecule has 2 N–H and O–H groups in total. The van der Waals surface area contributed by atoms with Gasteiger partial charge in [0.05, 0.1) is 17.6 Å². The summed E-state index contributed by atoms with van der Waals surface area (Å²) in [5.41, 5.74) is 2.85. The van der Waals surface area contributed by atoms with Crippen LogP contribution in [-0.4, -0.2) is 26.4 Å². The Bertz CT molecular complexity index is 832. The molecule has 7 heteroatoms. The zero-order valence-corrected chi connectivity index (χ0v) is 15.5. The topological polar surface area (TPSA) is 84.5 Å². The number of carbonyl (C=O) groups is 1. The molecule has 0 saturated heterocycles. The van der Waals surface area contributed by atoms with Crippen LogP contribution in [-0.2, 0) is 14.8 Å². The lowest BCUT2D eigenvalue weighted by molar-refractivity contribution is 0.0636. The molecule has 0 fully saturated rings. The minimum atomic E-state index is -3.41. The maximum Gasteiger partial charge on any atom is 0.412 e. The Kier molecular flexibility index (Phi) is 5.37. The van der Waals surface area contributed by atoms with Gasteiger partial charge in [-0.05, 0) is 44.0 Å². The molecule has 25 heavy (non-hydrogen) atoms. The molecular weight excluding hydrogens is 340 g/mol. The highest BCUT2D eigenvalue weighted by Crippen LogP contribution is 2.29. The van der Waals surface area contributed by atoms with Gasteiger partial charge < -0.3 is 4.74 Å². The van der Waals surface area contributed by atoms with E-state index >= 15 is 0 Å². The molecule has 6 nitrogen and oxygen atoms in total. The number of carbonyl (C=O) groups excluding carboxylic acids is 1. The molecule has 1 aromatic carbocycles. The third kappa shape index (κ3) is 6.11. The summed E-state index contributed by atoms with van der Waals surface area (Å²) in [6.07, 6.45) is 0.396. The lowest BCUT2D eigenvalue weighted by Gasteiger charge is -2.20. The number of benzene rings is 2. The fourth-order valence-electron chi connectivity index (χ4n) is 1.96. The van der Waals surface area contributed by atoms with Crippen LogP contribution in [0.5, 0.6) is 0 Å². The van der Waals surface area contributed by atoms with Gasteiger partial charge in [-0.2, -0.15) is 0 Å². The molecule has 1 aromatic rings. The van der Waals surface area contributed by atoms with Gasteiger partial charge in [0, 0.05) is 0 Å². The van der Waals surface area contributed by atoms with Crippen LogP contribution in [0.2, 0.25) is 0 Å². The van der Waals surface area contributed by atoms with E-state index in [-0.39, 0.29) is 5.69 Å². The molecule has 0 atom stereocenters. The summed E-state index contributed by atoms with van der Waals surface area (Å²) in [5.74, 6) is 0. The highest BCUT2D eigenvalue weighted by molar-refractivity contribution is 7.92. The van der Waals surface area contributed by atoms with E-state index < -0.39 is 21.7 Å². The molecule has 0 aromatic heterocycles. The standard InChI is InChI=1S/C12H18N2O4S.C6H4/c1-12(2,3)18-11(15)13-9-7-5-6-8-10(9)14-19(4,16)17;1-2-6-4-3-5(1)6/h5-8,14H,1-4H3,(H,13,15);1-4H. The van der Waals surface area contributed by atoms with Gasteiger partial charge in [-0.1, -0.05) is 36.4 Å². The van der Waals surface area contributed by atoms with Gasteiger partial charge in [-0.15, -0.1) is 0 Å². The SMILES string of the molecule is CC(C)(C)OC(=O)Nc1ccccc1NS(C)(=O)=O.c1cc2ccc1-2. The smallest absolute Gasteiger partial charge is 0.412 e. The Morgan fingerprint density at radius 1 is 0.920 bits per heavy atom. The van der Waals surface area contributed by atoms with Crippen LogP contribution in [0.15, 0.2) is 48.5 Å². The largest absolute Gasteiger partial charge is 0.444 e. The van der Waals surface area contributed by atoms with E-state index in [9.17, 15) is 13.2 Å².